The van der Waals surface area contributed by atoms with Crippen molar-refractivity contribution >= 4 is 10.8 Å². The molecule has 0 saturated carbocycles. The van der Waals surface area contributed by atoms with Crippen molar-refractivity contribution in [2.75, 3.05) is 0 Å². The molecule has 0 aliphatic carbocycles. The Hall–Kier alpha value is -3.14. The summed E-state index contributed by atoms with van der Waals surface area (Å²) in [6, 6.07) is 19.0. The molecule has 0 radical (unpaired) electrons. The molecule has 0 unspecified atom stereocenters. The van der Waals surface area contributed by atoms with E-state index in [0.717, 1.165) is 29.4 Å². The summed E-state index contributed by atoms with van der Waals surface area (Å²) in [6.45, 7) is 5.07. The highest BCUT2D eigenvalue weighted by atomic mass is 16.1. The zero-order valence-corrected chi connectivity index (χ0v) is 16.6. The molecule has 2 aromatic carbocycles. The van der Waals surface area contributed by atoms with Crippen LogP contribution in [0.1, 0.15) is 25.1 Å². The minimum absolute atomic E-state index is 0.0410. The van der Waals surface area contributed by atoms with Crippen LogP contribution in [0.5, 0.6) is 0 Å². The van der Waals surface area contributed by atoms with Crippen molar-refractivity contribution in [2.24, 2.45) is 13.0 Å². The normalized spacial score (nSPS) is 11.4. The Kier molecular flexibility index (Phi) is 4.86. The van der Waals surface area contributed by atoms with Crippen LogP contribution in [0, 0.1) is 5.92 Å². The Bertz CT molecular complexity index is 1150. The van der Waals surface area contributed by atoms with Gasteiger partial charge in [-0.25, -0.2) is 4.68 Å². The molecule has 4 heteroatoms. The SMILES string of the molecule is CC(C)Cc1nn(C)c(=O)c2cn(Cc3ccc(-c4ccccc4)cc3)cc12. The van der Waals surface area contributed by atoms with E-state index in [9.17, 15) is 4.79 Å². The smallest absolute Gasteiger partial charge is 0.275 e. The fraction of sp³-hybridized carbons (Fsp3) is 0.250. The highest BCUT2D eigenvalue weighted by molar-refractivity contribution is 5.83. The second kappa shape index (κ2) is 7.47. The van der Waals surface area contributed by atoms with Gasteiger partial charge in [-0.1, -0.05) is 68.4 Å². The maximum absolute atomic E-state index is 12.5. The van der Waals surface area contributed by atoms with Gasteiger partial charge in [-0.2, -0.15) is 5.10 Å². The Morgan fingerprint density at radius 2 is 1.54 bits per heavy atom. The third-order valence-electron chi connectivity index (χ3n) is 5.01. The molecule has 0 N–H and O–H groups in total. The maximum atomic E-state index is 12.5. The highest BCUT2D eigenvalue weighted by Crippen LogP contribution is 2.21. The average molecular weight is 371 g/mol. The molecule has 28 heavy (non-hydrogen) atoms. The highest BCUT2D eigenvalue weighted by Gasteiger charge is 2.13. The minimum Gasteiger partial charge on any atom is -0.348 e. The third-order valence-corrected chi connectivity index (χ3v) is 5.01. The summed E-state index contributed by atoms with van der Waals surface area (Å²) < 4.78 is 3.55. The number of aromatic nitrogens is 3. The quantitative estimate of drug-likeness (QED) is 0.512. The maximum Gasteiger partial charge on any atom is 0.275 e. The molecule has 142 valence electrons. The summed E-state index contributed by atoms with van der Waals surface area (Å²) in [5.74, 6) is 0.488. The van der Waals surface area contributed by atoms with Crippen molar-refractivity contribution in [1.29, 1.82) is 0 Å². The van der Waals surface area contributed by atoms with Crippen molar-refractivity contribution < 1.29 is 0 Å². The van der Waals surface area contributed by atoms with E-state index in [1.165, 1.54) is 21.4 Å². The predicted molar refractivity (Wildman–Crippen MR) is 114 cm³/mol. The number of hydrogen-bond donors (Lipinski definition) is 0. The van der Waals surface area contributed by atoms with E-state index in [1.54, 1.807) is 7.05 Å². The van der Waals surface area contributed by atoms with Gasteiger partial charge in [0, 0.05) is 31.4 Å². The first-order valence-corrected chi connectivity index (χ1v) is 9.71. The molecule has 0 bridgehead atoms. The molecule has 0 spiro atoms. The van der Waals surface area contributed by atoms with Gasteiger partial charge in [-0.3, -0.25) is 4.79 Å². The molecular formula is C24H25N3O. The molecule has 4 rings (SSSR count). The molecule has 0 aliphatic rings. The van der Waals surface area contributed by atoms with Crippen LogP contribution < -0.4 is 5.56 Å². The Morgan fingerprint density at radius 1 is 0.893 bits per heavy atom. The topological polar surface area (TPSA) is 39.8 Å². The van der Waals surface area contributed by atoms with Crippen molar-refractivity contribution in [3.05, 3.63) is 88.6 Å². The summed E-state index contributed by atoms with van der Waals surface area (Å²) in [5.41, 5.74) is 4.58. The summed E-state index contributed by atoms with van der Waals surface area (Å²) in [6.07, 6.45) is 4.88. The number of benzene rings is 2. The number of fused-ring (bicyclic) bond motifs is 1. The average Bonchev–Trinajstić information content (AvgIpc) is 3.11. The van der Waals surface area contributed by atoms with Gasteiger partial charge < -0.3 is 4.57 Å². The van der Waals surface area contributed by atoms with Crippen LogP contribution in [0.25, 0.3) is 21.9 Å². The number of hydrogen-bond acceptors (Lipinski definition) is 2. The lowest BCUT2D eigenvalue weighted by molar-refractivity contribution is 0.605. The first-order chi connectivity index (χ1) is 13.5. The number of aryl methyl sites for hydroxylation is 1. The van der Waals surface area contributed by atoms with E-state index in [1.807, 2.05) is 12.3 Å². The van der Waals surface area contributed by atoms with Gasteiger partial charge in [-0.15, -0.1) is 0 Å². The standard InChI is InChI=1S/C24H25N3O/c1-17(2)13-23-21-15-27(16-22(21)24(28)26(3)25-23)14-18-9-11-20(12-10-18)19-7-5-4-6-8-19/h4-12,15-17H,13-14H2,1-3H3. The van der Waals surface area contributed by atoms with Gasteiger partial charge in [0.2, 0.25) is 0 Å². The molecule has 0 amide bonds. The lowest BCUT2D eigenvalue weighted by Crippen LogP contribution is -2.21. The molecule has 2 heterocycles. The van der Waals surface area contributed by atoms with E-state index >= 15 is 0 Å². The van der Waals surface area contributed by atoms with Gasteiger partial charge in [-0.05, 0) is 29.0 Å². The van der Waals surface area contributed by atoms with E-state index in [-0.39, 0.29) is 5.56 Å². The second-order valence-electron chi connectivity index (χ2n) is 7.79. The molecule has 4 aromatic rings. The molecule has 0 atom stereocenters. The Labute approximate surface area is 165 Å². The predicted octanol–water partition coefficient (Wildman–Crippen LogP) is 4.65. The zero-order valence-electron chi connectivity index (χ0n) is 16.6. The molecule has 2 aromatic heterocycles. The lowest BCUT2D eigenvalue weighted by atomic mass is 10.0. The Morgan fingerprint density at radius 3 is 2.21 bits per heavy atom. The molecule has 0 fully saturated rings. The van der Waals surface area contributed by atoms with Gasteiger partial charge in [0.05, 0.1) is 11.1 Å². The largest absolute Gasteiger partial charge is 0.348 e. The molecule has 0 aliphatic heterocycles. The summed E-state index contributed by atoms with van der Waals surface area (Å²) in [7, 11) is 1.73. The van der Waals surface area contributed by atoms with Crippen LogP contribution >= 0.6 is 0 Å². The summed E-state index contributed by atoms with van der Waals surface area (Å²) in [5, 5.41) is 6.21. The molecule has 4 nitrogen and oxygen atoms in total. The second-order valence-corrected chi connectivity index (χ2v) is 7.79. The monoisotopic (exact) mass is 371 g/mol. The van der Waals surface area contributed by atoms with Crippen LogP contribution in [0.4, 0.5) is 0 Å². The molecule has 0 saturated heterocycles. The Balaban J connectivity index is 1.65. The number of nitrogens with zero attached hydrogens (tertiary/aromatic N) is 3. The fourth-order valence-electron chi connectivity index (χ4n) is 3.64. The van der Waals surface area contributed by atoms with E-state index in [0.29, 0.717) is 5.92 Å². The minimum atomic E-state index is -0.0410. The van der Waals surface area contributed by atoms with Crippen LogP contribution in [0.15, 0.2) is 71.8 Å². The van der Waals surface area contributed by atoms with Gasteiger partial charge in [0.15, 0.2) is 0 Å². The van der Waals surface area contributed by atoms with E-state index < -0.39 is 0 Å². The van der Waals surface area contributed by atoms with Gasteiger partial charge >= 0.3 is 0 Å². The van der Waals surface area contributed by atoms with Crippen molar-refractivity contribution in [3.63, 3.8) is 0 Å². The first kappa shape index (κ1) is 18.2. The van der Waals surface area contributed by atoms with Crippen LogP contribution in [-0.4, -0.2) is 14.3 Å². The van der Waals surface area contributed by atoms with Gasteiger partial charge in [0.1, 0.15) is 0 Å². The third kappa shape index (κ3) is 3.63. The molecular weight excluding hydrogens is 346 g/mol. The zero-order chi connectivity index (χ0) is 19.7. The van der Waals surface area contributed by atoms with E-state index in [2.05, 4.69) is 78.2 Å². The summed E-state index contributed by atoms with van der Waals surface area (Å²) in [4.78, 5) is 12.5. The van der Waals surface area contributed by atoms with Crippen molar-refractivity contribution in [3.8, 4) is 11.1 Å². The first-order valence-electron chi connectivity index (χ1n) is 9.71. The number of rotatable bonds is 5. The fourth-order valence-corrected chi connectivity index (χ4v) is 3.64. The van der Waals surface area contributed by atoms with Crippen molar-refractivity contribution in [2.45, 2.75) is 26.8 Å². The van der Waals surface area contributed by atoms with E-state index in [4.69, 9.17) is 0 Å². The van der Waals surface area contributed by atoms with Crippen molar-refractivity contribution in [1.82, 2.24) is 14.3 Å². The summed E-state index contributed by atoms with van der Waals surface area (Å²) >= 11 is 0. The van der Waals surface area contributed by atoms with Crippen LogP contribution in [-0.2, 0) is 20.0 Å². The lowest BCUT2D eigenvalue weighted by Gasteiger charge is -2.07. The van der Waals surface area contributed by atoms with Crippen LogP contribution in [0.2, 0.25) is 0 Å². The van der Waals surface area contributed by atoms with Crippen LogP contribution in [0.3, 0.4) is 0 Å². The van der Waals surface area contributed by atoms with Gasteiger partial charge in [0.25, 0.3) is 5.56 Å².